The van der Waals surface area contributed by atoms with E-state index in [-0.39, 0.29) is 17.3 Å². The molecule has 1 aliphatic rings. The van der Waals surface area contributed by atoms with Crippen molar-refractivity contribution in [2.24, 2.45) is 18.4 Å². The van der Waals surface area contributed by atoms with Gasteiger partial charge in [0.05, 0.1) is 11.6 Å². The minimum Gasteiger partial charge on any atom is -0.481 e. The third-order valence-electron chi connectivity index (χ3n) is 3.60. The van der Waals surface area contributed by atoms with E-state index >= 15 is 0 Å². The Morgan fingerprint density at radius 1 is 1.56 bits per heavy atom. The number of hydrogen-bond acceptors (Lipinski definition) is 2. The molecule has 1 fully saturated rings. The Hall–Kier alpha value is -1.03. The van der Waals surface area contributed by atoms with E-state index < -0.39 is 5.97 Å². The van der Waals surface area contributed by atoms with E-state index in [1.165, 1.54) is 0 Å². The van der Waals surface area contributed by atoms with Crippen LogP contribution >= 0.6 is 11.6 Å². The Morgan fingerprint density at radius 2 is 2.12 bits per heavy atom. The van der Waals surface area contributed by atoms with Crippen molar-refractivity contribution in [2.45, 2.75) is 26.7 Å². The molecule has 16 heavy (non-hydrogen) atoms. The topological polar surface area (TPSA) is 55.1 Å². The normalized spacial score (nSPS) is 26.8. The van der Waals surface area contributed by atoms with Crippen molar-refractivity contribution in [1.29, 1.82) is 0 Å². The van der Waals surface area contributed by atoms with Gasteiger partial charge < -0.3 is 5.11 Å². The molecule has 1 aromatic rings. The van der Waals surface area contributed by atoms with Crippen LogP contribution in [-0.4, -0.2) is 20.9 Å². The third-order valence-corrected chi connectivity index (χ3v) is 4.05. The SMILES string of the molecule is Cc1nn(C)c(Cl)c1[C@H]1[C@H](C(=O)O)C1(C)C. The summed E-state index contributed by atoms with van der Waals surface area (Å²) in [6.45, 7) is 5.78. The number of carbonyl (C=O) groups is 1. The Balaban J connectivity index is 2.44. The minimum absolute atomic E-state index is 0.0220. The highest BCUT2D eigenvalue weighted by Crippen LogP contribution is 2.65. The largest absolute Gasteiger partial charge is 0.481 e. The third kappa shape index (κ3) is 1.36. The van der Waals surface area contributed by atoms with Crippen LogP contribution in [0.15, 0.2) is 0 Å². The van der Waals surface area contributed by atoms with Gasteiger partial charge in [-0.2, -0.15) is 5.10 Å². The summed E-state index contributed by atoms with van der Waals surface area (Å²) in [7, 11) is 1.77. The quantitative estimate of drug-likeness (QED) is 0.865. The number of aryl methyl sites for hydroxylation is 2. The van der Waals surface area contributed by atoms with E-state index in [4.69, 9.17) is 16.7 Å². The smallest absolute Gasteiger partial charge is 0.307 e. The maximum Gasteiger partial charge on any atom is 0.307 e. The Labute approximate surface area is 99.2 Å². The summed E-state index contributed by atoms with van der Waals surface area (Å²) in [5.41, 5.74) is 1.49. The van der Waals surface area contributed by atoms with Gasteiger partial charge >= 0.3 is 5.97 Å². The van der Waals surface area contributed by atoms with Gasteiger partial charge in [0.1, 0.15) is 5.15 Å². The van der Waals surface area contributed by atoms with Gasteiger partial charge in [-0.3, -0.25) is 9.48 Å². The first-order valence-electron chi connectivity index (χ1n) is 5.20. The van der Waals surface area contributed by atoms with E-state index in [0.717, 1.165) is 11.3 Å². The van der Waals surface area contributed by atoms with Crippen LogP contribution in [0.1, 0.15) is 31.0 Å². The number of halogens is 1. The van der Waals surface area contributed by atoms with Gasteiger partial charge in [-0.1, -0.05) is 25.4 Å². The van der Waals surface area contributed by atoms with Gasteiger partial charge in [0.15, 0.2) is 0 Å². The molecule has 0 unspecified atom stereocenters. The number of hydrogen-bond donors (Lipinski definition) is 1. The maximum absolute atomic E-state index is 11.1. The van der Waals surface area contributed by atoms with E-state index in [9.17, 15) is 4.79 Å². The summed E-state index contributed by atoms with van der Waals surface area (Å²) in [5, 5.41) is 13.9. The molecule has 1 aliphatic carbocycles. The highest BCUT2D eigenvalue weighted by molar-refractivity contribution is 6.30. The number of rotatable bonds is 2. The summed E-state index contributed by atoms with van der Waals surface area (Å²) in [5.74, 6) is -1.13. The molecule has 0 aliphatic heterocycles. The zero-order valence-corrected chi connectivity index (χ0v) is 10.5. The molecule has 2 atom stereocenters. The Bertz CT molecular complexity index is 465. The molecule has 1 N–H and O–H groups in total. The minimum atomic E-state index is -0.755. The van der Waals surface area contributed by atoms with Gasteiger partial charge in [0, 0.05) is 18.5 Å². The molecule has 1 aromatic heterocycles. The second kappa shape index (κ2) is 3.23. The Morgan fingerprint density at radius 3 is 2.44 bits per heavy atom. The number of carboxylic acids is 1. The van der Waals surface area contributed by atoms with Crippen LogP contribution in [-0.2, 0) is 11.8 Å². The van der Waals surface area contributed by atoms with Crippen molar-refractivity contribution in [2.75, 3.05) is 0 Å². The average molecular weight is 243 g/mol. The van der Waals surface area contributed by atoms with Crippen LogP contribution in [0.5, 0.6) is 0 Å². The molecule has 0 radical (unpaired) electrons. The summed E-state index contributed by atoms with van der Waals surface area (Å²) in [6.07, 6.45) is 0. The van der Waals surface area contributed by atoms with E-state index in [0.29, 0.717) is 5.15 Å². The number of carboxylic acid groups (broad SMARTS) is 1. The maximum atomic E-state index is 11.1. The predicted octanol–water partition coefficient (Wildman–Crippen LogP) is 2.21. The lowest BCUT2D eigenvalue weighted by Crippen LogP contribution is -2.03. The fourth-order valence-electron chi connectivity index (χ4n) is 2.64. The fraction of sp³-hybridized carbons (Fsp3) is 0.636. The molecule has 0 aromatic carbocycles. The molecule has 5 heteroatoms. The van der Waals surface area contributed by atoms with E-state index in [2.05, 4.69) is 5.10 Å². The second-order valence-electron chi connectivity index (χ2n) is 5.03. The molecule has 0 saturated heterocycles. The molecule has 0 amide bonds. The van der Waals surface area contributed by atoms with Crippen molar-refractivity contribution < 1.29 is 9.90 Å². The monoisotopic (exact) mass is 242 g/mol. The van der Waals surface area contributed by atoms with Crippen molar-refractivity contribution in [3.63, 3.8) is 0 Å². The first-order chi connectivity index (χ1) is 7.28. The van der Waals surface area contributed by atoms with Crippen LogP contribution in [0.2, 0.25) is 5.15 Å². The summed E-state index contributed by atoms with van der Waals surface area (Å²) in [6, 6.07) is 0. The van der Waals surface area contributed by atoms with Crippen LogP contribution in [0.4, 0.5) is 0 Å². The first kappa shape index (κ1) is 11.5. The standard InChI is InChI=1S/C11H15ClN2O2/c1-5-6(9(12)14(4)13-5)7-8(10(15)16)11(7,2)3/h7-8H,1-4H3,(H,15,16)/t7-,8+/m0/s1. The van der Waals surface area contributed by atoms with Crippen molar-refractivity contribution in [3.05, 3.63) is 16.4 Å². The fourth-order valence-corrected chi connectivity index (χ4v) is 2.93. The molecular formula is C11H15ClN2O2. The summed E-state index contributed by atoms with van der Waals surface area (Å²) >= 11 is 6.15. The molecule has 1 heterocycles. The number of aliphatic carboxylic acids is 1. The highest BCUT2D eigenvalue weighted by Gasteiger charge is 2.64. The number of aromatic nitrogens is 2. The molecule has 1 saturated carbocycles. The van der Waals surface area contributed by atoms with Crippen molar-refractivity contribution in [3.8, 4) is 0 Å². The summed E-state index contributed by atoms with van der Waals surface area (Å²) in [4.78, 5) is 11.1. The lowest BCUT2D eigenvalue weighted by atomic mass is 10.0. The van der Waals surface area contributed by atoms with Crippen molar-refractivity contribution in [1.82, 2.24) is 9.78 Å². The van der Waals surface area contributed by atoms with Gasteiger partial charge in [-0.25, -0.2) is 0 Å². The van der Waals surface area contributed by atoms with E-state index in [1.807, 2.05) is 20.8 Å². The van der Waals surface area contributed by atoms with Gasteiger partial charge in [-0.05, 0) is 12.3 Å². The number of nitrogens with zero attached hydrogens (tertiary/aromatic N) is 2. The van der Waals surface area contributed by atoms with Gasteiger partial charge in [-0.15, -0.1) is 0 Å². The second-order valence-corrected chi connectivity index (χ2v) is 5.39. The highest BCUT2D eigenvalue weighted by atomic mass is 35.5. The lowest BCUT2D eigenvalue weighted by Gasteiger charge is -2.01. The summed E-state index contributed by atoms with van der Waals surface area (Å²) < 4.78 is 1.60. The lowest BCUT2D eigenvalue weighted by molar-refractivity contribution is -0.139. The molecule has 0 bridgehead atoms. The van der Waals surface area contributed by atoms with E-state index in [1.54, 1.807) is 11.7 Å². The molecule has 0 spiro atoms. The van der Waals surface area contributed by atoms with Crippen LogP contribution in [0.3, 0.4) is 0 Å². The molecule has 4 nitrogen and oxygen atoms in total. The zero-order chi connectivity index (χ0) is 12.2. The Kier molecular flexibility index (Phi) is 2.31. The zero-order valence-electron chi connectivity index (χ0n) is 9.78. The van der Waals surface area contributed by atoms with Crippen LogP contribution in [0.25, 0.3) is 0 Å². The predicted molar refractivity (Wildman–Crippen MR) is 60.6 cm³/mol. The van der Waals surface area contributed by atoms with Gasteiger partial charge in [0.2, 0.25) is 0 Å². The molecular weight excluding hydrogens is 228 g/mol. The van der Waals surface area contributed by atoms with Crippen LogP contribution in [0, 0.1) is 18.3 Å². The average Bonchev–Trinajstić information content (AvgIpc) is 2.59. The first-order valence-corrected chi connectivity index (χ1v) is 5.58. The molecule has 2 rings (SSSR count). The van der Waals surface area contributed by atoms with Gasteiger partial charge in [0.25, 0.3) is 0 Å². The van der Waals surface area contributed by atoms with Crippen molar-refractivity contribution >= 4 is 17.6 Å². The van der Waals surface area contributed by atoms with Crippen LogP contribution < -0.4 is 0 Å². The molecule has 88 valence electrons.